The van der Waals surface area contributed by atoms with Gasteiger partial charge in [0.1, 0.15) is 5.82 Å². The molecule has 38 heavy (non-hydrogen) atoms. The van der Waals surface area contributed by atoms with Gasteiger partial charge in [-0.15, -0.1) is 5.10 Å². The molecule has 190 valence electrons. The SMILES string of the molecule is O=C1Cc2ccccc2C(c2ccccc2)=N[C@@H]1Nc1nnc(-c2cccnc2N2C3CCC2COC3)o1. The molecule has 0 radical (unpaired) electrons. The van der Waals surface area contributed by atoms with Crippen molar-refractivity contribution in [2.75, 3.05) is 23.4 Å². The van der Waals surface area contributed by atoms with Crippen molar-refractivity contribution in [3.63, 3.8) is 0 Å². The van der Waals surface area contributed by atoms with E-state index in [2.05, 4.69) is 25.4 Å². The number of fused-ring (bicyclic) bond motifs is 3. The monoisotopic (exact) mass is 506 g/mol. The van der Waals surface area contributed by atoms with Gasteiger partial charge >= 0.3 is 6.01 Å². The number of morpholine rings is 1. The average molecular weight is 507 g/mol. The molecule has 2 aromatic carbocycles. The molecule has 4 aromatic rings. The molecule has 1 N–H and O–H groups in total. The fraction of sp³-hybridized carbons (Fsp3) is 0.276. The lowest BCUT2D eigenvalue weighted by molar-refractivity contribution is -0.119. The van der Waals surface area contributed by atoms with E-state index in [9.17, 15) is 4.79 Å². The molecule has 5 heterocycles. The van der Waals surface area contributed by atoms with Crippen LogP contribution in [-0.2, 0) is 16.0 Å². The molecule has 3 atom stereocenters. The standard InChI is InChI=1S/C29H26N6O3/c36-24-15-19-9-4-5-10-22(19)25(18-7-2-1-3-8-18)31-26(24)32-29-34-33-28(38-29)23-11-6-14-30-27(23)35-20-12-13-21(35)17-37-16-20/h1-11,14,20-21,26H,12-13,15-17H2,(H,32,34)/t20?,21?,26-/m1/s1. The van der Waals surface area contributed by atoms with Gasteiger partial charge < -0.3 is 19.4 Å². The van der Waals surface area contributed by atoms with Crippen LogP contribution in [0.4, 0.5) is 11.8 Å². The second kappa shape index (κ2) is 9.50. The summed E-state index contributed by atoms with van der Waals surface area (Å²) in [6.07, 6.45) is 3.32. The molecule has 0 aliphatic carbocycles. The van der Waals surface area contributed by atoms with Crippen molar-refractivity contribution in [1.82, 2.24) is 15.2 Å². The summed E-state index contributed by atoms with van der Waals surface area (Å²) >= 11 is 0. The molecule has 3 aliphatic heterocycles. The van der Waals surface area contributed by atoms with Crippen molar-refractivity contribution in [2.45, 2.75) is 37.5 Å². The van der Waals surface area contributed by atoms with E-state index >= 15 is 0 Å². The van der Waals surface area contributed by atoms with Crippen LogP contribution in [0, 0.1) is 0 Å². The molecule has 7 rings (SSSR count). The van der Waals surface area contributed by atoms with E-state index in [0.717, 1.165) is 46.6 Å². The van der Waals surface area contributed by atoms with Crippen molar-refractivity contribution >= 4 is 23.3 Å². The average Bonchev–Trinajstić information content (AvgIpc) is 3.48. The lowest BCUT2D eigenvalue weighted by Crippen LogP contribution is -2.46. The van der Waals surface area contributed by atoms with E-state index in [1.54, 1.807) is 6.20 Å². The molecule has 0 saturated carbocycles. The van der Waals surface area contributed by atoms with Gasteiger partial charge in [0, 0.05) is 23.7 Å². The molecular formula is C29H26N6O3. The van der Waals surface area contributed by atoms with Gasteiger partial charge in [0.25, 0.3) is 5.89 Å². The van der Waals surface area contributed by atoms with Crippen LogP contribution >= 0.6 is 0 Å². The minimum absolute atomic E-state index is 0.0740. The number of benzene rings is 2. The summed E-state index contributed by atoms with van der Waals surface area (Å²) < 4.78 is 11.8. The largest absolute Gasteiger partial charge is 0.403 e. The first-order chi connectivity index (χ1) is 18.7. The summed E-state index contributed by atoms with van der Waals surface area (Å²) in [7, 11) is 0. The Labute approximate surface area is 219 Å². The Hall–Kier alpha value is -4.37. The minimum atomic E-state index is -0.866. The zero-order valence-corrected chi connectivity index (χ0v) is 20.7. The third-order valence-electron chi connectivity index (χ3n) is 7.43. The lowest BCUT2D eigenvalue weighted by atomic mass is 9.96. The van der Waals surface area contributed by atoms with Crippen molar-refractivity contribution in [2.24, 2.45) is 4.99 Å². The van der Waals surface area contributed by atoms with Gasteiger partial charge in [-0.25, -0.2) is 4.98 Å². The van der Waals surface area contributed by atoms with Gasteiger partial charge in [-0.2, -0.15) is 0 Å². The Morgan fingerprint density at radius 3 is 2.47 bits per heavy atom. The summed E-state index contributed by atoms with van der Waals surface area (Å²) in [5.74, 6) is 1.09. The van der Waals surface area contributed by atoms with Gasteiger partial charge in [-0.3, -0.25) is 9.79 Å². The maximum Gasteiger partial charge on any atom is 0.317 e. The molecule has 2 saturated heterocycles. The zero-order chi connectivity index (χ0) is 25.5. The summed E-state index contributed by atoms with van der Waals surface area (Å²) in [6.45, 7) is 1.38. The second-order valence-corrected chi connectivity index (χ2v) is 9.81. The van der Waals surface area contributed by atoms with Crippen molar-refractivity contribution in [1.29, 1.82) is 0 Å². The molecule has 3 aliphatic rings. The van der Waals surface area contributed by atoms with Crippen LogP contribution in [0.15, 0.2) is 82.3 Å². The number of rotatable bonds is 5. The number of carbonyl (C=O) groups excluding carboxylic acids is 1. The van der Waals surface area contributed by atoms with E-state index in [0.29, 0.717) is 31.2 Å². The van der Waals surface area contributed by atoms with E-state index in [4.69, 9.17) is 14.1 Å². The first-order valence-electron chi connectivity index (χ1n) is 12.9. The molecule has 9 heteroatoms. The molecule has 2 bridgehead atoms. The maximum atomic E-state index is 13.3. The Morgan fingerprint density at radius 1 is 0.868 bits per heavy atom. The highest BCUT2D eigenvalue weighted by molar-refractivity contribution is 6.16. The maximum absolute atomic E-state index is 13.3. The number of carbonyl (C=O) groups is 1. The second-order valence-electron chi connectivity index (χ2n) is 9.81. The van der Waals surface area contributed by atoms with Gasteiger partial charge in [-0.1, -0.05) is 59.7 Å². The van der Waals surface area contributed by atoms with E-state index in [1.807, 2.05) is 66.7 Å². The van der Waals surface area contributed by atoms with Crippen LogP contribution in [0.5, 0.6) is 0 Å². The number of nitrogens with zero attached hydrogens (tertiary/aromatic N) is 5. The fourth-order valence-corrected chi connectivity index (χ4v) is 5.65. The quantitative estimate of drug-likeness (QED) is 0.435. The molecule has 0 spiro atoms. The van der Waals surface area contributed by atoms with Crippen molar-refractivity contribution in [3.8, 4) is 11.5 Å². The predicted octanol–water partition coefficient (Wildman–Crippen LogP) is 3.90. The molecule has 2 unspecified atom stereocenters. The topological polar surface area (TPSA) is 106 Å². The van der Waals surface area contributed by atoms with Crippen LogP contribution in [0.1, 0.15) is 29.5 Å². The van der Waals surface area contributed by atoms with E-state index < -0.39 is 6.17 Å². The lowest BCUT2D eigenvalue weighted by Gasteiger charge is -2.36. The number of aliphatic imine (C=N–C) groups is 1. The molecule has 2 fully saturated rings. The molecule has 9 nitrogen and oxygen atoms in total. The smallest absolute Gasteiger partial charge is 0.317 e. The first-order valence-corrected chi connectivity index (χ1v) is 12.9. The third kappa shape index (κ3) is 4.05. The van der Waals surface area contributed by atoms with Gasteiger partial charge in [0.2, 0.25) is 0 Å². The zero-order valence-electron chi connectivity index (χ0n) is 20.7. The number of ketones is 1. The van der Waals surface area contributed by atoms with E-state index in [-0.39, 0.29) is 18.2 Å². The highest BCUT2D eigenvalue weighted by Gasteiger charge is 2.39. The molecule has 0 amide bonds. The van der Waals surface area contributed by atoms with Gasteiger partial charge in [0.15, 0.2) is 11.9 Å². The van der Waals surface area contributed by atoms with Crippen LogP contribution < -0.4 is 10.2 Å². The summed E-state index contributed by atoms with van der Waals surface area (Å²) in [6, 6.07) is 22.3. The van der Waals surface area contributed by atoms with Crippen LogP contribution in [-0.4, -0.2) is 58.1 Å². The summed E-state index contributed by atoms with van der Waals surface area (Å²) in [5.41, 5.74) is 4.34. The van der Waals surface area contributed by atoms with Crippen molar-refractivity contribution in [3.05, 3.63) is 89.6 Å². The van der Waals surface area contributed by atoms with E-state index in [1.165, 1.54) is 0 Å². The third-order valence-corrected chi connectivity index (χ3v) is 7.43. The Kier molecular flexibility index (Phi) is 5.70. The number of Topliss-reactive ketones (excluding diaryl/α,β-unsaturated/α-hetero) is 1. The fourth-order valence-electron chi connectivity index (χ4n) is 5.65. The normalized spacial score (nSPS) is 22.5. The molecular weight excluding hydrogens is 480 g/mol. The van der Waals surface area contributed by atoms with Gasteiger partial charge in [-0.05, 0) is 30.5 Å². The number of hydrogen-bond acceptors (Lipinski definition) is 9. The number of anilines is 2. The van der Waals surface area contributed by atoms with Crippen LogP contribution in [0.3, 0.4) is 0 Å². The number of aromatic nitrogens is 3. The summed E-state index contributed by atoms with van der Waals surface area (Å²) in [5, 5.41) is 11.6. The Balaban J connectivity index is 1.21. The number of ether oxygens (including phenoxy) is 1. The number of nitrogens with one attached hydrogen (secondary N) is 1. The molecule has 2 aromatic heterocycles. The van der Waals surface area contributed by atoms with Crippen LogP contribution in [0.2, 0.25) is 0 Å². The van der Waals surface area contributed by atoms with Crippen LogP contribution in [0.25, 0.3) is 11.5 Å². The Morgan fingerprint density at radius 2 is 1.63 bits per heavy atom. The predicted molar refractivity (Wildman–Crippen MR) is 142 cm³/mol. The van der Waals surface area contributed by atoms with Crippen molar-refractivity contribution < 1.29 is 13.9 Å². The number of hydrogen-bond donors (Lipinski definition) is 1. The highest BCUT2D eigenvalue weighted by Crippen LogP contribution is 2.38. The van der Waals surface area contributed by atoms with Gasteiger partial charge in [0.05, 0.1) is 36.6 Å². The number of pyridine rings is 1. The summed E-state index contributed by atoms with van der Waals surface area (Å²) in [4.78, 5) is 25.2. The highest BCUT2D eigenvalue weighted by atomic mass is 16.5. The first kappa shape index (κ1) is 22.8. The minimum Gasteiger partial charge on any atom is -0.403 e. The Bertz CT molecular complexity index is 1500.